The lowest BCUT2D eigenvalue weighted by molar-refractivity contribution is -0.116. The van der Waals surface area contributed by atoms with Gasteiger partial charge in [0.05, 0.1) is 12.3 Å². The maximum Gasteiger partial charge on any atom is 0.243 e. The van der Waals surface area contributed by atoms with Crippen LogP contribution in [-0.2, 0) is 4.79 Å². The van der Waals surface area contributed by atoms with Crippen molar-refractivity contribution in [3.05, 3.63) is 29.8 Å². The number of nitrogens with two attached hydrogens (primary N) is 1. The minimum Gasteiger partial charge on any atom is -0.491 e. The van der Waals surface area contributed by atoms with E-state index in [0.717, 1.165) is 5.56 Å². The van der Waals surface area contributed by atoms with E-state index in [9.17, 15) is 4.79 Å². The molecule has 1 aromatic carbocycles. The second kappa shape index (κ2) is 7.46. The van der Waals surface area contributed by atoms with E-state index in [0.29, 0.717) is 30.5 Å². The van der Waals surface area contributed by atoms with Crippen molar-refractivity contribution in [2.24, 2.45) is 5.92 Å². The number of hydrogen-bond donors (Lipinski definition) is 2. The largest absolute Gasteiger partial charge is 0.491 e. The molecule has 0 heterocycles. The molecule has 0 saturated carbocycles. The Bertz CT molecular complexity index is 453. The highest BCUT2D eigenvalue weighted by molar-refractivity contribution is 5.91. The first-order chi connectivity index (χ1) is 9.02. The summed E-state index contributed by atoms with van der Waals surface area (Å²) in [6.07, 6.45) is 3.22. The molecule has 0 aliphatic rings. The fourth-order valence-electron chi connectivity index (χ4n) is 1.46. The number of likely N-dealkylation sites (N-methyl/N-ethyl adjacent to an activating group) is 1. The Kier molecular flexibility index (Phi) is 5.93. The summed E-state index contributed by atoms with van der Waals surface area (Å²) in [5.41, 5.74) is 7.37. The Balaban J connectivity index is 2.68. The molecule has 1 aromatic rings. The molecule has 0 atom stereocenters. The monoisotopic (exact) mass is 262 g/mol. The molecule has 0 bridgehead atoms. The second-order valence-corrected chi connectivity index (χ2v) is 4.73. The first-order valence-corrected chi connectivity index (χ1v) is 6.51. The van der Waals surface area contributed by atoms with Crippen LogP contribution in [0.3, 0.4) is 0 Å². The predicted molar refractivity (Wildman–Crippen MR) is 78.9 cm³/mol. The van der Waals surface area contributed by atoms with Gasteiger partial charge in [0.25, 0.3) is 0 Å². The fourth-order valence-corrected chi connectivity index (χ4v) is 1.46. The third kappa shape index (κ3) is 5.46. The molecule has 19 heavy (non-hydrogen) atoms. The number of hydrogen-bond acceptors (Lipinski definition) is 3. The average Bonchev–Trinajstić information content (AvgIpc) is 2.35. The van der Waals surface area contributed by atoms with Crippen molar-refractivity contribution < 1.29 is 9.53 Å². The summed E-state index contributed by atoms with van der Waals surface area (Å²) in [5, 5.41) is 2.69. The van der Waals surface area contributed by atoms with Gasteiger partial charge in [-0.15, -0.1) is 0 Å². The highest BCUT2D eigenvalue weighted by Gasteiger charge is 2.02. The van der Waals surface area contributed by atoms with Gasteiger partial charge in [0, 0.05) is 12.6 Å². The lowest BCUT2D eigenvalue weighted by Crippen LogP contribution is -2.19. The molecule has 104 valence electrons. The number of benzene rings is 1. The normalized spacial score (nSPS) is 10.9. The summed E-state index contributed by atoms with van der Waals surface area (Å²) >= 11 is 0. The van der Waals surface area contributed by atoms with Gasteiger partial charge in [-0.2, -0.15) is 0 Å². The molecule has 3 N–H and O–H groups in total. The van der Waals surface area contributed by atoms with Gasteiger partial charge in [0.15, 0.2) is 0 Å². The molecule has 4 nitrogen and oxygen atoms in total. The Labute approximate surface area is 114 Å². The minimum atomic E-state index is -0.110. The molecule has 4 heteroatoms. The van der Waals surface area contributed by atoms with Crippen LogP contribution >= 0.6 is 0 Å². The minimum absolute atomic E-state index is 0.110. The van der Waals surface area contributed by atoms with Crippen molar-refractivity contribution in [3.63, 3.8) is 0 Å². The number of carbonyl (C=O) groups excluding carboxylic acids is 1. The van der Waals surface area contributed by atoms with Gasteiger partial charge < -0.3 is 15.8 Å². The summed E-state index contributed by atoms with van der Waals surface area (Å²) in [4.78, 5) is 11.3. The third-order valence-electron chi connectivity index (χ3n) is 2.38. The number of amides is 1. The van der Waals surface area contributed by atoms with Crippen LogP contribution in [0.1, 0.15) is 26.3 Å². The molecule has 0 spiro atoms. The van der Waals surface area contributed by atoms with Crippen LogP contribution in [-0.4, -0.2) is 19.1 Å². The topological polar surface area (TPSA) is 64.3 Å². The van der Waals surface area contributed by atoms with E-state index in [-0.39, 0.29) is 5.91 Å². The molecule has 0 unspecified atom stereocenters. The van der Waals surface area contributed by atoms with Gasteiger partial charge in [-0.25, -0.2) is 0 Å². The zero-order valence-electron chi connectivity index (χ0n) is 11.8. The highest BCUT2D eigenvalue weighted by atomic mass is 16.5. The van der Waals surface area contributed by atoms with E-state index in [1.807, 2.05) is 19.1 Å². The maximum atomic E-state index is 11.3. The van der Waals surface area contributed by atoms with E-state index < -0.39 is 0 Å². The van der Waals surface area contributed by atoms with Gasteiger partial charge >= 0.3 is 0 Å². The van der Waals surface area contributed by atoms with Crippen LogP contribution < -0.4 is 15.8 Å². The second-order valence-electron chi connectivity index (χ2n) is 4.73. The SMILES string of the molecule is CCNC(=O)/C=C\c1ccc(OCC(C)C)c(N)c1. The van der Waals surface area contributed by atoms with Crippen molar-refractivity contribution in [2.45, 2.75) is 20.8 Å². The van der Waals surface area contributed by atoms with Crippen molar-refractivity contribution in [1.82, 2.24) is 5.32 Å². The van der Waals surface area contributed by atoms with Gasteiger partial charge in [-0.3, -0.25) is 4.79 Å². The van der Waals surface area contributed by atoms with E-state index >= 15 is 0 Å². The number of anilines is 1. The number of ether oxygens (including phenoxy) is 1. The zero-order chi connectivity index (χ0) is 14.3. The standard InChI is InChI=1S/C15H22N2O2/c1-4-17-15(18)8-6-12-5-7-14(13(16)9-12)19-10-11(2)3/h5-9,11H,4,10,16H2,1-3H3,(H,17,18)/b8-6-. The molecule has 0 saturated heterocycles. The van der Waals surface area contributed by atoms with E-state index in [2.05, 4.69) is 19.2 Å². The first-order valence-electron chi connectivity index (χ1n) is 6.51. The Morgan fingerprint density at radius 2 is 2.21 bits per heavy atom. The van der Waals surface area contributed by atoms with Crippen LogP contribution in [0.25, 0.3) is 6.08 Å². The molecular formula is C15H22N2O2. The van der Waals surface area contributed by atoms with Gasteiger partial charge in [0.2, 0.25) is 5.91 Å². The molecule has 0 fully saturated rings. The van der Waals surface area contributed by atoms with Crippen LogP contribution in [0, 0.1) is 5.92 Å². The highest BCUT2D eigenvalue weighted by Crippen LogP contribution is 2.23. The summed E-state index contributed by atoms with van der Waals surface area (Å²) in [6.45, 7) is 7.30. The van der Waals surface area contributed by atoms with E-state index in [4.69, 9.17) is 10.5 Å². The van der Waals surface area contributed by atoms with E-state index in [1.165, 1.54) is 6.08 Å². The van der Waals surface area contributed by atoms with Crippen molar-refractivity contribution in [2.75, 3.05) is 18.9 Å². The smallest absolute Gasteiger partial charge is 0.243 e. The quantitative estimate of drug-likeness (QED) is 0.611. The lowest BCUT2D eigenvalue weighted by atomic mass is 10.1. The summed E-state index contributed by atoms with van der Waals surface area (Å²) in [7, 11) is 0. The Hall–Kier alpha value is -1.97. The fraction of sp³-hybridized carbons (Fsp3) is 0.400. The number of nitrogen functional groups attached to an aromatic ring is 1. The van der Waals surface area contributed by atoms with E-state index in [1.54, 1.807) is 12.1 Å². The number of rotatable bonds is 6. The molecule has 0 aromatic heterocycles. The van der Waals surface area contributed by atoms with Crippen LogP contribution in [0.4, 0.5) is 5.69 Å². The lowest BCUT2D eigenvalue weighted by Gasteiger charge is -2.11. The Morgan fingerprint density at radius 1 is 1.47 bits per heavy atom. The Morgan fingerprint density at radius 3 is 2.79 bits per heavy atom. The molecule has 1 amide bonds. The average molecular weight is 262 g/mol. The summed E-state index contributed by atoms with van der Waals surface area (Å²) in [5.74, 6) is 1.03. The first kappa shape index (κ1) is 15.1. The molecular weight excluding hydrogens is 240 g/mol. The summed E-state index contributed by atoms with van der Waals surface area (Å²) in [6, 6.07) is 5.50. The predicted octanol–water partition coefficient (Wildman–Crippen LogP) is 2.45. The van der Waals surface area contributed by atoms with Crippen LogP contribution in [0.2, 0.25) is 0 Å². The van der Waals surface area contributed by atoms with Crippen LogP contribution in [0.5, 0.6) is 5.75 Å². The van der Waals surface area contributed by atoms with Crippen molar-refractivity contribution in [3.8, 4) is 5.75 Å². The van der Waals surface area contributed by atoms with Crippen molar-refractivity contribution in [1.29, 1.82) is 0 Å². The van der Waals surface area contributed by atoms with Crippen molar-refractivity contribution >= 4 is 17.7 Å². The van der Waals surface area contributed by atoms with Crippen LogP contribution in [0.15, 0.2) is 24.3 Å². The van der Waals surface area contributed by atoms with Gasteiger partial charge in [0.1, 0.15) is 5.75 Å². The molecule has 0 radical (unpaired) electrons. The zero-order valence-corrected chi connectivity index (χ0v) is 11.8. The van der Waals surface area contributed by atoms with Gasteiger partial charge in [-0.05, 0) is 36.6 Å². The van der Waals surface area contributed by atoms with Gasteiger partial charge in [-0.1, -0.05) is 19.9 Å². The molecule has 0 aliphatic heterocycles. The number of carbonyl (C=O) groups is 1. The molecule has 0 aliphatic carbocycles. The molecule has 1 rings (SSSR count). The summed E-state index contributed by atoms with van der Waals surface area (Å²) < 4.78 is 5.59. The number of nitrogens with one attached hydrogen (secondary N) is 1. The third-order valence-corrected chi connectivity index (χ3v) is 2.38. The maximum absolute atomic E-state index is 11.3.